The first-order valence-corrected chi connectivity index (χ1v) is 9.13. The lowest BCUT2D eigenvalue weighted by molar-refractivity contribution is 0.306. The van der Waals surface area contributed by atoms with Crippen molar-refractivity contribution in [3.8, 4) is 34.2 Å². The molecule has 0 unspecified atom stereocenters. The van der Waals surface area contributed by atoms with Gasteiger partial charge in [-0.1, -0.05) is 42.5 Å². The average Bonchev–Trinajstić information content (AvgIpc) is 2.78. The molecule has 4 rings (SSSR count). The second-order valence-electron chi connectivity index (χ2n) is 6.47. The van der Waals surface area contributed by atoms with Crippen LogP contribution in [0.15, 0.2) is 85.2 Å². The summed E-state index contributed by atoms with van der Waals surface area (Å²) in [7, 11) is 0. The molecule has 2 aromatic carbocycles. The van der Waals surface area contributed by atoms with Crippen molar-refractivity contribution in [1.29, 1.82) is 5.26 Å². The van der Waals surface area contributed by atoms with Gasteiger partial charge in [-0.25, -0.2) is 4.98 Å². The quantitative estimate of drug-likeness (QED) is 0.537. The molecule has 29 heavy (non-hydrogen) atoms. The molecule has 0 atom stereocenters. The Hall–Kier alpha value is -4.17. The van der Waals surface area contributed by atoms with E-state index in [1.165, 1.54) is 0 Å². The van der Waals surface area contributed by atoms with Gasteiger partial charge in [0.05, 0.1) is 5.69 Å². The highest BCUT2D eigenvalue weighted by Crippen LogP contribution is 2.32. The summed E-state index contributed by atoms with van der Waals surface area (Å²) in [5, 5.41) is 9.63. The van der Waals surface area contributed by atoms with Crippen molar-refractivity contribution in [2.45, 2.75) is 6.61 Å². The van der Waals surface area contributed by atoms with Crippen molar-refractivity contribution in [1.82, 2.24) is 9.97 Å². The number of nitrogen functional groups attached to an aromatic ring is 1. The van der Waals surface area contributed by atoms with Crippen LogP contribution in [0.5, 0.6) is 5.75 Å². The fraction of sp³-hybridized carbons (Fsp3) is 0.0417. The molecule has 5 heteroatoms. The van der Waals surface area contributed by atoms with Gasteiger partial charge in [0, 0.05) is 23.5 Å². The van der Waals surface area contributed by atoms with Gasteiger partial charge in [0.25, 0.3) is 0 Å². The number of hydrogen-bond acceptors (Lipinski definition) is 5. The molecule has 0 amide bonds. The summed E-state index contributed by atoms with van der Waals surface area (Å²) < 4.78 is 5.93. The zero-order valence-electron chi connectivity index (χ0n) is 15.6. The predicted molar refractivity (Wildman–Crippen MR) is 113 cm³/mol. The van der Waals surface area contributed by atoms with E-state index in [1.54, 1.807) is 12.4 Å². The molecule has 0 radical (unpaired) electrons. The Morgan fingerprint density at radius 2 is 1.69 bits per heavy atom. The first kappa shape index (κ1) is 18.2. The van der Waals surface area contributed by atoms with Crippen LogP contribution in [0.25, 0.3) is 22.4 Å². The van der Waals surface area contributed by atoms with Gasteiger partial charge in [0.1, 0.15) is 29.8 Å². The summed E-state index contributed by atoms with van der Waals surface area (Å²) in [6, 6.07) is 25.4. The highest BCUT2D eigenvalue weighted by molar-refractivity contribution is 5.80. The van der Waals surface area contributed by atoms with E-state index in [9.17, 15) is 5.26 Å². The Labute approximate surface area is 169 Å². The number of nitriles is 1. The zero-order valence-corrected chi connectivity index (χ0v) is 15.6. The third kappa shape index (κ3) is 4.07. The number of hydrogen-bond donors (Lipinski definition) is 1. The predicted octanol–water partition coefficient (Wildman–Crippen LogP) is 4.84. The van der Waals surface area contributed by atoms with Gasteiger partial charge in [-0.3, -0.25) is 4.98 Å². The lowest BCUT2D eigenvalue weighted by Gasteiger charge is -2.12. The van der Waals surface area contributed by atoms with Gasteiger partial charge >= 0.3 is 0 Å². The summed E-state index contributed by atoms with van der Waals surface area (Å²) in [6.07, 6.45) is 3.40. The minimum absolute atomic E-state index is 0.201. The first-order chi connectivity index (χ1) is 14.2. The second-order valence-corrected chi connectivity index (χ2v) is 6.47. The van der Waals surface area contributed by atoms with E-state index in [4.69, 9.17) is 10.5 Å². The van der Waals surface area contributed by atoms with Crippen LogP contribution < -0.4 is 10.5 Å². The van der Waals surface area contributed by atoms with E-state index in [2.05, 4.69) is 16.0 Å². The standard InChI is InChI=1S/C24H18N4O/c25-15-22-21(14-23(28-24(22)26)18-9-11-27-12-10-18)19-7-4-8-20(13-19)29-16-17-5-2-1-3-6-17/h1-14H,16H2,(H2,26,28). The molecule has 0 aliphatic rings. The number of aromatic nitrogens is 2. The largest absolute Gasteiger partial charge is 0.489 e. The van der Waals surface area contributed by atoms with E-state index < -0.39 is 0 Å². The van der Waals surface area contributed by atoms with Crippen LogP contribution in [0.3, 0.4) is 0 Å². The molecule has 0 fully saturated rings. The maximum absolute atomic E-state index is 9.63. The molecule has 0 saturated carbocycles. The van der Waals surface area contributed by atoms with Crippen LogP contribution in [0, 0.1) is 11.3 Å². The number of nitrogens with zero attached hydrogens (tertiary/aromatic N) is 3. The van der Waals surface area contributed by atoms with Crippen LogP contribution in [-0.2, 0) is 6.61 Å². The molecule has 4 aromatic rings. The van der Waals surface area contributed by atoms with Crippen LogP contribution in [0.1, 0.15) is 11.1 Å². The molecule has 2 N–H and O–H groups in total. The Kier molecular flexibility index (Phi) is 5.17. The molecule has 140 valence electrons. The summed E-state index contributed by atoms with van der Waals surface area (Å²) in [6.45, 7) is 0.468. The van der Waals surface area contributed by atoms with E-state index in [0.717, 1.165) is 28.0 Å². The van der Waals surface area contributed by atoms with Crippen molar-refractivity contribution < 1.29 is 4.74 Å². The number of rotatable bonds is 5. The molecule has 0 bridgehead atoms. The molecule has 5 nitrogen and oxygen atoms in total. The molecular formula is C24H18N4O. The topological polar surface area (TPSA) is 84.8 Å². The van der Waals surface area contributed by atoms with E-state index >= 15 is 0 Å². The second kappa shape index (κ2) is 8.24. The molecular weight excluding hydrogens is 360 g/mol. The van der Waals surface area contributed by atoms with Crippen LogP contribution in [-0.4, -0.2) is 9.97 Å². The van der Waals surface area contributed by atoms with E-state index in [0.29, 0.717) is 17.9 Å². The molecule has 2 aromatic heterocycles. The van der Waals surface area contributed by atoms with Gasteiger partial charge in [0.15, 0.2) is 0 Å². The van der Waals surface area contributed by atoms with E-state index in [-0.39, 0.29) is 5.82 Å². The summed E-state index contributed by atoms with van der Waals surface area (Å²) >= 11 is 0. The fourth-order valence-electron chi connectivity index (χ4n) is 3.07. The van der Waals surface area contributed by atoms with Gasteiger partial charge in [-0.2, -0.15) is 5.26 Å². The van der Waals surface area contributed by atoms with Crippen LogP contribution >= 0.6 is 0 Å². The Morgan fingerprint density at radius 3 is 2.45 bits per heavy atom. The van der Waals surface area contributed by atoms with Crippen molar-refractivity contribution in [2.75, 3.05) is 5.73 Å². The third-order valence-corrected chi connectivity index (χ3v) is 4.53. The molecule has 2 heterocycles. The number of pyridine rings is 2. The van der Waals surface area contributed by atoms with Crippen molar-refractivity contribution in [2.24, 2.45) is 0 Å². The molecule has 0 spiro atoms. The third-order valence-electron chi connectivity index (χ3n) is 4.53. The average molecular weight is 378 g/mol. The van der Waals surface area contributed by atoms with Crippen molar-refractivity contribution in [3.63, 3.8) is 0 Å². The molecule has 0 aliphatic heterocycles. The summed E-state index contributed by atoms with van der Waals surface area (Å²) in [5.74, 6) is 0.920. The monoisotopic (exact) mass is 378 g/mol. The Balaban J connectivity index is 1.70. The SMILES string of the molecule is N#Cc1c(-c2cccc(OCc3ccccc3)c2)cc(-c2ccncc2)nc1N. The van der Waals surface area contributed by atoms with Gasteiger partial charge < -0.3 is 10.5 Å². The molecule has 0 aliphatic carbocycles. The summed E-state index contributed by atoms with van der Waals surface area (Å²) in [4.78, 5) is 8.43. The fourth-order valence-corrected chi connectivity index (χ4v) is 3.07. The lowest BCUT2D eigenvalue weighted by Crippen LogP contribution is -2.00. The summed E-state index contributed by atoms with van der Waals surface area (Å²) in [5.41, 5.74) is 10.7. The lowest BCUT2D eigenvalue weighted by atomic mass is 9.98. The Bertz CT molecular complexity index is 1170. The maximum Gasteiger partial charge on any atom is 0.142 e. The highest BCUT2D eigenvalue weighted by Gasteiger charge is 2.14. The first-order valence-electron chi connectivity index (χ1n) is 9.13. The van der Waals surface area contributed by atoms with Gasteiger partial charge in [0.2, 0.25) is 0 Å². The minimum Gasteiger partial charge on any atom is -0.489 e. The Morgan fingerprint density at radius 1 is 0.897 bits per heavy atom. The zero-order chi connectivity index (χ0) is 20.1. The number of nitrogens with two attached hydrogens (primary N) is 1. The number of benzene rings is 2. The normalized spacial score (nSPS) is 10.3. The number of anilines is 1. The minimum atomic E-state index is 0.201. The van der Waals surface area contributed by atoms with E-state index in [1.807, 2.05) is 72.8 Å². The molecule has 0 saturated heterocycles. The number of ether oxygens (including phenoxy) is 1. The van der Waals surface area contributed by atoms with Crippen molar-refractivity contribution >= 4 is 5.82 Å². The smallest absolute Gasteiger partial charge is 0.142 e. The van der Waals surface area contributed by atoms with Crippen LogP contribution in [0.4, 0.5) is 5.82 Å². The van der Waals surface area contributed by atoms with Crippen LogP contribution in [0.2, 0.25) is 0 Å². The van der Waals surface area contributed by atoms with Gasteiger partial charge in [-0.05, 0) is 41.5 Å². The maximum atomic E-state index is 9.63. The van der Waals surface area contributed by atoms with Crippen molar-refractivity contribution in [3.05, 3.63) is 96.3 Å². The highest BCUT2D eigenvalue weighted by atomic mass is 16.5. The van der Waals surface area contributed by atoms with Gasteiger partial charge in [-0.15, -0.1) is 0 Å².